The van der Waals surface area contributed by atoms with Gasteiger partial charge in [0.05, 0.1) is 24.9 Å². The minimum Gasteiger partial charge on any atom is -0.392 e. The van der Waals surface area contributed by atoms with E-state index >= 15 is 0 Å². The normalized spacial score (nSPS) is 26.7. The summed E-state index contributed by atoms with van der Waals surface area (Å²) in [6.45, 7) is 3.78. The molecule has 4 atom stereocenters. The van der Waals surface area contributed by atoms with Crippen LogP contribution in [-0.4, -0.2) is 52.9 Å². The van der Waals surface area contributed by atoms with Crippen molar-refractivity contribution in [1.29, 1.82) is 0 Å². The first-order chi connectivity index (χ1) is 15.0. The number of carbonyl (C=O) groups excluding carboxylic acids is 1. The molecule has 2 aromatic rings. The largest absolute Gasteiger partial charge is 0.392 e. The molecule has 1 amide bonds. The molecule has 2 saturated heterocycles. The Labute approximate surface area is 182 Å². The molecule has 166 valence electrons. The summed E-state index contributed by atoms with van der Waals surface area (Å²) < 4.78 is 12.6. The lowest BCUT2D eigenvalue weighted by Crippen LogP contribution is -2.38. The smallest absolute Gasteiger partial charge is 0.221 e. The van der Waals surface area contributed by atoms with Gasteiger partial charge in [0, 0.05) is 44.2 Å². The van der Waals surface area contributed by atoms with Crippen LogP contribution in [0.5, 0.6) is 0 Å². The number of rotatable bonds is 6. The van der Waals surface area contributed by atoms with Crippen molar-refractivity contribution in [1.82, 2.24) is 4.90 Å². The Bertz CT molecular complexity index is 871. The van der Waals surface area contributed by atoms with Crippen LogP contribution in [0, 0.1) is 0 Å². The summed E-state index contributed by atoms with van der Waals surface area (Å²) in [7, 11) is 0. The Kier molecular flexibility index (Phi) is 6.99. The lowest BCUT2D eigenvalue weighted by Gasteiger charge is -2.37. The van der Waals surface area contributed by atoms with Crippen LogP contribution in [0.1, 0.15) is 48.8 Å². The van der Waals surface area contributed by atoms with E-state index in [4.69, 9.17) is 9.47 Å². The summed E-state index contributed by atoms with van der Waals surface area (Å²) in [6.07, 6.45) is 0.536. The molecule has 0 spiro atoms. The molecule has 0 saturated carbocycles. The molecule has 2 aliphatic heterocycles. The number of likely N-dealkylation sites (tertiary alicyclic amines) is 1. The molecule has 0 unspecified atom stereocenters. The minimum absolute atomic E-state index is 0.0120. The van der Waals surface area contributed by atoms with Crippen LogP contribution in [0.15, 0.2) is 48.5 Å². The summed E-state index contributed by atoms with van der Waals surface area (Å²) >= 11 is 0. The number of nitrogens with zero attached hydrogens (tertiary/aromatic N) is 1. The number of β-amino-alcohol motifs (C(OH)–C–C–N with tert-alkyl or cyclic N) is 1. The van der Waals surface area contributed by atoms with Crippen molar-refractivity contribution in [3.63, 3.8) is 0 Å². The second-order valence-corrected chi connectivity index (χ2v) is 8.36. The fourth-order valence-electron chi connectivity index (χ4n) is 4.23. The summed E-state index contributed by atoms with van der Waals surface area (Å²) in [4.78, 5) is 13.5. The van der Waals surface area contributed by atoms with E-state index < -0.39 is 6.29 Å². The van der Waals surface area contributed by atoms with E-state index in [1.165, 1.54) is 6.92 Å². The van der Waals surface area contributed by atoms with Gasteiger partial charge in [0.15, 0.2) is 6.29 Å². The first-order valence-corrected chi connectivity index (χ1v) is 10.8. The quantitative estimate of drug-likeness (QED) is 0.658. The van der Waals surface area contributed by atoms with Crippen LogP contribution < -0.4 is 5.32 Å². The molecule has 2 fully saturated rings. The molecule has 0 radical (unpaired) electrons. The number of hydrogen-bond acceptors (Lipinski definition) is 6. The van der Waals surface area contributed by atoms with E-state index in [1.807, 2.05) is 48.5 Å². The maximum Gasteiger partial charge on any atom is 0.221 e. The molecule has 0 bridgehead atoms. The molecule has 4 rings (SSSR count). The molecular formula is C24H30N2O5. The first-order valence-electron chi connectivity index (χ1n) is 10.8. The van der Waals surface area contributed by atoms with Crippen molar-refractivity contribution in [2.75, 3.05) is 25.0 Å². The van der Waals surface area contributed by atoms with Gasteiger partial charge in [-0.1, -0.05) is 36.4 Å². The molecule has 2 aromatic carbocycles. The molecule has 0 aliphatic carbocycles. The van der Waals surface area contributed by atoms with Crippen LogP contribution in [0.2, 0.25) is 0 Å². The SMILES string of the molecule is CC(=O)Nc1ccc([C@@H]2O[C@H](CN3CC[C@H](O)C3)C[C@H](c3ccc(CO)cc3)O2)cc1. The minimum atomic E-state index is -0.528. The van der Waals surface area contributed by atoms with Gasteiger partial charge < -0.3 is 25.0 Å². The van der Waals surface area contributed by atoms with Gasteiger partial charge in [0.1, 0.15) is 0 Å². The predicted octanol–water partition coefficient (Wildman–Crippen LogP) is 2.75. The lowest BCUT2D eigenvalue weighted by molar-refractivity contribution is -0.252. The monoisotopic (exact) mass is 426 g/mol. The van der Waals surface area contributed by atoms with E-state index in [0.29, 0.717) is 13.0 Å². The third-order valence-corrected chi connectivity index (χ3v) is 5.83. The number of carbonyl (C=O) groups is 1. The highest BCUT2D eigenvalue weighted by atomic mass is 16.7. The van der Waals surface area contributed by atoms with E-state index in [2.05, 4.69) is 10.2 Å². The van der Waals surface area contributed by atoms with Crippen LogP contribution in [0.25, 0.3) is 0 Å². The van der Waals surface area contributed by atoms with Crippen molar-refractivity contribution in [3.05, 3.63) is 65.2 Å². The van der Waals surface area contributed by atoms with Gasteiger partial charge in [0.25, 0.3) is 0 Å². The van der Waals surface area contributed by atoms with E-state index in [0.717, 1.165) is 41.9 Å². The number of aliphatic hydroxyl groups excluding tert-OH is 2. The number of ether oxygens (including phenoxy) is 2. The Morgan fingerprint density at radius 1 is 1.10 bits per heavy atom. The number of anilines is 1. The fourth-order valence-corrected chi connectivity index (χ4v) is 4.23. The highest BCUT2D eigenvalue weighted by molar-refractivity contribution is 5.88. The van der Waals surface area contributed by atoms with E-state index in [9.17, 15) is 15.0 Å². The highest BCUT2D eigenvalue weighted by Crippen LogP contribution is 2.38. The zero-order valence-electron chi connectivity index (χ0n) is 17.7. The van der Waals surface area contributed by atoms with Crippen LogP contribution in [0.3, 0.4) is 0 Å². The van der Waals surface area contributed by atoms with Gasteiger partial charge in [-0.05, 0) is 29.7 Å². The van der Waals surface area contributed by atoms with Crippen molar-refractivity contribution in [2.45, 2.75) is 51.0 Å². The van der Waals surface area contributed by atoms with E-state index in [-0.39, 0.29) is 30.8 Å². The van der Waals surface area contributed by atoms with Crippen LogP contribution >= 0.6 is 0 Å². The zero-order valence-corrected chi connectivity index (χ0v) is 17.7. The van der Waals surface area contributed by atoms with Gasteiger partial charge in [-0.25, -0.2) is 0 Å². The summed E-state index contributed by atoms with van der Waals surface area (Å²) in [6, 6.07) is 15.3. The molecule has 31 heavy (non-hydrogen) atoms. The Balaban J connectivity index is 1.52. The molecular weight excluding hydrogens is 396 g/mol. The van der Waals surface area contributed by atoms with Gasteiger partial charge in [-0.15, -0.1) is 0 Å². The lowest BCUT2D eigenvalue weighted by atomic mass is 9.99. The maximum atomic E-state index is 11.3. The van der Waals surface area contributed by atoms with Crippen molar-refractivity contribution in [2.24, 2.45) is 0 Å². The van der Waals surface area contributed by atoms with Gasteiger partial charge in [-0.2, -0.15) is 0 Å². The van der Waals surface area contributed by atoms with E-state index in [1.54, 1.807) is 0 Å². The second-order valence-electron chi connectivity index (χ2n) is 8.36. The van der Waals surface area contributed by atoms with Gasteiger partial charge in [0.2, 0.25) is 5.91 Å². The van der Waals surface area contributed by atoms with Crippen LogP contribution in [-0.2, 0) is 20.9 Å². The number of hydrogen-bond donors (Lipinski definition) is 3. The van der Waals surface area contributed by atoms with Crippen molar-refractivity contribution >= 4 is 11.6 Å². The number of amides is 1. The Morgan fingerprint density at radius 2 is 1.81 bits per heavy atom. The van der Waals surface area contributed by atoms with Crippen molar-refractivity contribution in [3.8, 4) is 0 Å². The standard InChI is InChI=1S/C24H30N2O5/c1-16(28)25-20-8-6-19(7-9-20)24-30-22(14-26-11-10-21(29)13-26)12-23(31-24)18-4-2-17(15-27)3-5-18/h2-9,21-24,27,29H,10-15H2,1H3,(H,25,28)/t21-,22-,23+,24+/m0/s1. The molecule has 7 nitrogen and oxygen atoms in total. The Hall–Kier alpha value is -2.29. The molecule has 2 aliphatic rings. The van der Waals surface area contributed by atoms with Crippen LogP contribution in [0.4, 0.5) is 5.69 Å². The molecule has 0 aromatic heterocycles. The fraction of sp³-hybridized carbons (Fsp3) is 0.458. The number of benzene rings is 2. The average Bonchev–Trinajstić information content (AvgIpc) is 3.18. The van der Waals surface area contributed by atoms with Gasteiger partial charge >= 0.3 is 0 Å². The Morgan fingerprint density at radius 3 is 2.42 bits per heavy atom. The summed E-state index contributed by atoms with van der Waals surface area (Å²) in [5, 5.41) is 22.0. The molecule has 2 heterocycles. The first kappa shape index (κ1) is 21.9. The third-order valence-electron chi connectivity index (χ3n) is 5.83. The predicted molar refractivity (Wildman–Crippen MR) is 116 cm³/mol. The second kappa shape index (κ2) is 9.89. The topological polar surface area (TPSA) is 91.3 Å². The summed E-state index contributed by atoms with van der Waals surface area (Å²) in [5.41, 5.74) is 3.53. The zero-order chi connectivity index (χ0) is 21.8. The third kappa shape index (κ3) is 5.70. The summed E-state index contributed by atoms with van der Waals surface area (Å²) in [5.74, 6) is -0.114. The highest BCUT2D eigenvalue weighted by Gasteiger charge is 2.34. The average molecular weight is 427 g/mol. The number of aliphatic hydroxyl groups is 2. The molecule has 7 heteroatoms. The van der Waals surface area contributed by atoms with Crippen molar-refractivity contribution < 1.29 is 24.5 Å². The van der Waals surface area contributed by atoms with Gasteiger partial charge in [-0.3, -0.25) is 9.69 Å². The molecule has 3 N–H and O–H groups in total. The maximum absolute atomic E-state index is 11.3. The number of nitrogens with one attached hydrogen (secondary N) is 1.